The summed E-state index contributed by atoms with van der Waals surface area (Å²) in [6.45, 7) is 5.40. The minimum absolute atomic E-state index is 0.0584. The van der Waals surface area contributed by atoms with Gasteiger partial charge in [-0.25, -0.2) is 4.79 Å². The number of ether oxygens (including phenoxy) is 1. The first kappa shape index (κ1) is 12.8. The van der Waals surface area contributed by atoms with Crippen molar-refractivity contribution in [1.82, 2.24) is 10.2 Å². The van der Waals surface area contributed by atoms with E-state index in [0.717, 1.165) is 32.5 Å². The Bertz CT molecular complexity index is 273. The first-order chi connectivity index (χ1) is 8.23. The second-order valence-electron chi connectivity index (χ2n) is 5.20. The molecule has 0 amide bonds. The summed E-state index contributed by atoms with van der Waals surface area (Å²) in [6.07, 6.45) is 4.81. The van der Waals surface area contributed by atoms with Crippen molar-refractivity contribution >= 4 is 5.97 Å². The lowest BCUT2D eigenvalue weighted by Gasteiger charge is -2.34. The molecule has 0 aromatic heterocycles. The highest BCUT2D eigenvalue weighted by molar-refractivity contribution is 5.82. The van der Waals surface area contributed by atoms with Crippen molar-refractivity contribution in [3.8, 4) is 0 Å². The predicted molar refractivity (Wildman–Crippen MR) is 66.8 cm³/mol. The number of hydrogen-bond donors (Lipinski definition) is 1. The minimum Gasteiger partial charge on any atom is -0.465 e. The third-order valence-corrected chi connectivity index (χ3v) is 4.03. The third-order valence-electron chi connectivity index (χ3n) is 4.03. The van der Waals surface area contributed by atoms with Crippen LogP contribution in [-0.2, 0) is 9.53 Å². The van der Waals surface area contributed by atoms with E-state index in [1.54, 1.807) is 0 Å². The Morgan fingerprint density at radius 2 is 2.06 bits per heavy atom. The van der Waals surface area contributed by atoms with Gasteiger partial charge in [0.2, 0.25) is 0 Å². The highest BCUT2D eigenvalue weighted by atomic mass is 16.5. The maximum Gasteiger partial charge on any atom is 0.327 e. The number of hydrogen-bond acceptors (Lipinski definition) is 4. The lowest BCUT2D eigenvalue weighted by molar-refractivity contribution is -0.153. The van der Waals surface area contributed by atoms with Crippen molar-refractivity contribution in [2.75, 3.05) is 33.3 Å². The lowest BCUT2D eigenvalue weighted by atomic mass is 9.92. The molecule has 1 atom stereocenters. The topological polar surface area (TPSA) is 41.6 Å². The summed E-state index contributed by atoms with van der Waals surface area (Å²) < 4.78 is 5.28. The lowest BCUT2D eigenvalue weighted by Crippen LogP contribution is -2.59. The second-order valence-corrected chi connectivity index (χ2v) is 5.20. The van der Waals surface area contributed by atoms with E-state index in [9.17, 15) is 4.79 Å². The number of rotatable bonds is 6. The van der Waals surface area contributed by atoms with Gasteiger partial charge in [-0.2, -0.15) is 0 Å². The van der Waals surface area contributed by atoms with Crippen LogP contribution in [0.2, 0.25) is 0 Å². The number of carbonyl (C=O) groups excluding carboxylic acids is 1. The molecule has 1 aliphatic carbocycles. The zero-order valence-corrected chi connectivity index (χ0v) is 11.0. The van der Waals surface area contributed by atoms with E-state index in [2.05, 4.69) is 10.2 Å². The van der Waals surface area contributed by atoms with E-state index in [1.807, 2.05) is 14.0 Å². The van der Waals surface area contributed by atoms with Crippen LogP contribution in [0.1, 0.15) is 32.6 Å². The predicted octanol–water partition coefficient (Wildman–Crippen LogP) is 1.01. The van der Waals surface area contributed by atoms with Crippen molar-refractivity contribution in [1.29, 1.82) is 0 Å². The highest BCUT2D eigenvalue weighted by Gasteiger charge is 2.52. The Morgan fingerprint density at radius 1 is 1.41 bits per heavy atom. The molecule has 1 aliphatic heterocycles. The average Bonchev–Trinajstić information content (AvgIpc) is 3.05. The van der Waals surface area contributed by atoms with Crippen LogP contribution in [0.5, 0.6) is 0 Å². The third kappa shape index (κ3) is 2.63. The number of nitrogens with one attached hydrogen (secondary N) is 1. The van der Waals surface area contributed by atoms with Gasteiger partial charge in [-0.05, 0) is 58.7 Å². The van der Waals surface area contributed by atoms with Gasteiger partial charge in [-0.15, -0.1) is 0 Å². The summed E-state index contributed by atoms with van der Waals surface area (Å²) in [5.74, 6) is 0.407. The Hall–Kier alpha value is -0.610. The summed E-state index contributed by atoms with van der Waals surface area (Å²) in [5.41, 5.74) is -0.458. The number of likely N-dealkylation sites (tertiary alicyclic amines) is 1. The summed E-state index contributed by atoms with van der Waals surface area (Å²) in [7, 11) is 1.89. The zero-order chi connectivity index (χ0) is 12.3. The Labute approximate surface area is 104 Å². The molecule has 4 heteroatoms. The molecule has 2 aliphatic rings. The molecule has 2 rings (SSSR count). The molecule has 0 bridgehead atoms. The number of esters is 1. The van der Waals surface area contributed by atoms with Gasteiger partial charge >= 0.3 is 5.97 Å². The minimum atomic E-state index is -0.458. The number of nitrogens with zero attached hydrogens (tertiary/aromatic N) is 1. The molecule has 1 saturated carbocycles. The molecule has 1 N–H and O–H groups in total. The second kappa shape index (κ2) is 5.36. The Morgan fingerprint density at radius 3 is 2.53 bits per heavy atom. The molecule has 0 aromatic carbocycles. The first-order valence-electron chi connectivity index (χ1n) is 6.81. The van der Waals surface area contributed by atoms with E-state index >= 15 is 0 Å². The molecule has 1 saturated heterocycles. The van der Waals surface area contributed by atoms with Gasteiger partial charge in [0.1, 0.15) is 5.54 Å². The molecule has 17 heavy (non-hydrogen) atoms. The fourth-order valence-corrected chi connectivity index (χ4v) is 2.88. The van der Waals surface area contributed by atoms with Crippen LogP contribution in [0.15, 0.2) is 0 Å². The zero-order valence-electron chi connectivity index (χ0n) is 11.0. The van der Waals surface area contributed by atoms with Crippen LogP contribution in [0.4, 0.5) is 0 Å². The quantitative estimate of drug-likeness (QED) is 0.704. The summed E-state index contributed by atoms with van der Waals surface area (Å²) in [6, 6.07) is 0. The van der Waals surface area contributed by atoms with Gasteiger partial charge in [0.25, 0.3) is 0 Å². The van der Waals surface area contributed by atoms with Crippen LogP contribution in [0, 0.1) is 5.92 Å². The molecular weight excluding hydrogens is 216 g/mol. The monoisotopic (exact) mass is 240 g/mol. The van der Waals surface area contributed by atoms with E-state index in [1.165, 1.54) is 12.8 Å². The molecule has 4 nitrogen and oxygen atoms in total. The van der Waals surface area contributed by atoms with Crippen LogP contribution in [0.3, 0.4) is 0 Å². The van der Waals surface area contributed by atoms with Crippen molar-refractivity contribution in [2.24, 2.45) is 5.92 Å². The van der Waals surface area contributed by atoms with Gasteiger partial charge in [-0.1, -0.05) is 0 Å². The van der Waals surface area contributed by atoms with E-state index in [-0.39, 0.29) is 5.97 Å². The van der Waals surface area contributed by atoms with Gasteiger partial charge < -0.3 is 15.0 Å². The van der Waals surface area contributed by atoms with Crippen molar-refractivity contribution < 1.29 is 9.53 Å². The van der Waals surface area contributed by atoms with Crippen LogP contribution in [-0.4, -0.2) is 49.7 Å². The standard InChI is InChI=1S/C13H24N2O2/c1-3-17-12(16)13(14-2,11-6-7-11)10-15-8-4-5-9-15/h11,14H,3-10H2,1-2H3. The molecule has 0 spiro atoms. The molecule has 98 valence electrons. The smallest absolute Gasteiger partial charge is 0.327 e. The molecule has 0 radical (unpaired) electrons. The fraction of sp³-hybridized carbons (Fsp3) is 0.923. The van der Waals surface area contributed by atoms with Crippen LogP contribution >= 0.6 is 0 Å². The highest BCUT2D eigenvalue weighted by Crippen LogP contribution is 2.41. The van der Waals surface area contributed by atoms with E-state index in [0.29, 0.717) is 12.5 Å². The largest absolute Gasteiger partial charge is 0.465 e. The molecule has 1 unspecified atom stereocenters. The van der Waals surface area contributed by atoms with Gasteiger partial charge in [0.05, 0.1) is 6.61 Å². The van der Waals surface area contributed by atoms with Crippen molar-refractivity contribution in [3.05, 3.63) is 0 Å². The SMILES string of the molecule is CCOC(=O)C(CN1CCCC1)(NC)C1CC1. The van der Waals surface area contributed by atoms with Crippen LogP contribution in [0.25, 0.3) is 0 Å². The number of likely N-dealkylation sites (N-methyl/N-ethyl adjacent to an activating group) is 1. The Balaban J connectivity index is 2.06. The van der Waals surface area contributed by atoms with Crippen molar-refractivity contribution in [2.45, 2.75) is 38.1 Å². The Kier molecular flexibility index (Phi) is 4.05. The maximum absolute atomic E-state index is 12.3. The average molecular weight is 240 g/mol. The van der Waals surface area contributed by atoms with E-state index < -0.39 is 5.54 Å². The van der Waals surface area contributed by atoms with E-state index in [4.69, 9.17) is 4.74 Å². The van der Waals surface area contributed by atoms with Gasteiger partial charge in [0, 0.05) is 6.54 Å². The van der Waals surface area contributed by atoms with Crippen molar-refractivity contribution in [3.63, 3.8) is 0 Å². The van der Waals surface area contributed by atoms with Crippen LogP contribution < -0.4 is 5.32 Å². The fourth-order valence-electron chi connectivity index (χ4n) is 2.88. The van der Waals surface area contributed by atoms with Gasteiger partial charge in [0.15, 0.2) is 0 Å². The molecule has 2 fully saturated rings. The molecule has 0 aromatic rings. The molecule has 1 heterocycles. The van der Waals surface area contributed by atoms with Gasteiger partial charge in [-0.3, -0.25) is 0 Å². The normalized spacial score (nSPS) is 24.6. The maximum atomic E-state index is 12.3. The summed E-state index contributed by atoms with van der Waals surface area (Å²) in [4.78, 5) is 14.6. The number of carbonyl (C=O) groups is 1. The molecular formula is C13H24N2O2. The summed E-state index contributed by atoms with van der Waals surface area (Å²) in [5, 5.41) is 3.27. The summed E-state index contributed by atoms with van der Waals surface area (Å²) >= 11 is 0. The first-order valence-corrected chi connectivity index (χ1v) is 6.81.